The van der Waals surface area contributed by atoms with Crippen molar-refractivity contribution in [1.82, 2.24) is 10.2 Å². The lowest BCUT2D eigenvalue weighted by atomic mass is 10.0. The Morgan fingerprint density at radius 3 is 2.33 bits per heavy atom. The summed E-state index contributed by atoms with van der Waals surface area (Å²) in [5, 5.41) is 3.01. The lowest BCUT2D eigenvalue weighted by Crippen LogP contribution is -2.34. The van der Waals surface area contributed by atoms with Crippen LogP contribution in [0.25, 0.3) is 0 Å². The molecule has 2 rings (SSSR count). The number of ether oxygens (including phenoxy) is 1. The Hall–Kier alpha value is -2.04. The molecule has 0 aliphatic heterocycles. The molecule has 0 spiro atoms. The van der Waals surface area contributed by atoms with Gasteiger partial charge in [0.2, 0.25) is 0 Å². The minimum atomic E-state index is -0.0632. The molecule has 1 unspecified atom stereocenters. The predicted molar refractivity (Wildman–Crippen MR) is 100 cm³/mol. The number of nitrogens with zero attached hydrogens (tertiary/aromatic N) is 1. The molecule has 0 aliphatic carbocycles. The number of nitrogens with one attached hydrogen (secondary N) is 1. The number of rotatable bonds is 6. The molecule has 4 nitrogen and oxygen atoms in total. The number of hydrogen-bond donors (Lipinski definition) is 1. The van der Waals surface area contributed by atoms with Crippen LogP contribution in [0, 0.1) is 6.92 Å². The Morgan fingerprint density at radius 2 is 1.75 bits per heavy atom. The molecule has 0 fully saturated rings. The predicted octanol–water partition coefficient (Wildman–Crippen LogP) is 3.46. The highest BCUT2D eigenvalue weighted by Gasteiger charge is 2.19. The van der Waals surface area contributed by atoms with Gasteiger partial charge >= 0.3 is 0 Å². The Balaban J connectivity index is 0.00000288. The van der Waals surface area contributed by atoms with Crippen molar-refractivity contribution < 1.29 is 9.53 Å². The summed E-state index contributed by atoms with van der Waals surface area (Å²) in [6.07, 6.45) is 0. The smallest absolute Gasteiger partial charge is 0.251 e. The SMILES string of the molecule is COc1ccccc1C(CNC(=O)c1ccc(C)cc1)N(C)C.Cl. The normalized spacial score (nSPS) is 11.5. The van der Waals surface area contributed by atoms with Crippen LogP contribution in [-0.4, -0.2) is 38.6 Å². The monoisotopic (exact) mass is 348 g/mol. The molecule has 0 aromatic heterocycles. The zero-order valence-corrected chi connectivity index (χ0v) is 15.4. The number of carbonyl (C=O) groups is 1. The summed E-state index contributed by atoms with van der Waals surface area (Å²) in [6, 6.07) is 15.5. The van der Waals surface area contributed by atoms with E-state index in [4.69, 9.17) is 4.74 Å². The van der Waals surface area contributed by atoms with Crippen LogP contribution in [0.3, 0.4) is 0 Å². The largest absolute Gasteiger partial charge is 0.496 e. The number of methoxy groups -OCH3 is 1. The molecule has 1 N–H and O–H groups in total. The fourth-order valence-corrected chi connectivity index (χ4v) is 2.51. The summed E-state index contributed by atoms with van der Waals surface area (Å²) in [6.45, 7) is 2.52. The molecule has 2 aromatic carbocycles. The van der Waals surface area contributed by atoms with Gasteiger partial charge in [-0.2, -0.15) is 0 Å². The zero-order chi connectivity index (χ0) is 16.8. The van der Waals surface area contributed by atoms with Gasteiger partial charge in [0.05, 0.1) is 13.2 Å². The summed E-state index contributed by atoms with van der Waals surface area (Å²) < 4.78 is 5.44. The molecule has 0 aliphatic rings. The molecule has 1 atom stereocenters. The van der Waals surface area contributed by atoms with E-state index in [1.54, 1.807) is 7.11 Å². The third-order valence-electron chi connectivity index (χ3n) is 3.89. The van der Waals surface area contributed by atoms with E-state index in [1.165, 1.54) is 0 Å². The molecule has 5 heteroatoms. The third kappa shape index (κ3) is 4.98. The zero-order valence-electron chi connectivity index (χ0n) is 14.6. The van der Waals surface area contributed by atoms with Crippen molar-refractivity contribution in [2.75, 3.05) is 27.7 Å². The molecule has 1 amide bonds. The molecule has 2 aromatic rings. The quantitative estimate of drug-likeness (QED) is 0.869. The Kier molecular flexibility index (Phi) is 7.75. The van der Waals surface area contributed by atoms with Crippen LogP contribution in [0.1, 0.15) is 27.5 Å². The number of hydrogen-bond acceptors (Lipinski definition) is 3. The Morgan fingerprint density at radius 1 is 1.12 bits per heavy atom. The first-order valence-corrected chi connectivity index (χ1v) is 7.67. The van der Waals surface area contributed by atoms with Gasteiger partial charge in [-0.3, -0.25) is 4.79 Å². The molecule has 0 radical (unpaired) electrons. The number of para-hydroxylation sites is 1. The Bertz CT molecular complexity index is 657. The summed E-state index contributed by atoms with van der Waals surface area (Å²) in [5.41, 5.74) is 2.87. The number of benzene rings is 2. The second-order valence-corrected chi connectivity index (χ2v) is 5.80. The fraction of sp³-hybridized carbons (Fsp3) is 0.316. The third-order valence-corrected chi connectivity index (χ3v) is 3.89. The van der Waals surface area contributed by atoms with Gasteiger partial charge in [0.15, 0.2) is 0 Å². The summed E-state index contributed by atoms with van der Waals surface area (Å²) in [5.74, 6) is 0.766. The maximum absolute atomic E-state index is 12.3. The number of likely N-dealkylation sites (N-methyl/N-ethyl adjacent to an activating group) is 1. The van der Waals surface area contributed by atoms with E-state index < -0.39 is 0 Å². The molecular weight excluding hydrogens is 324 g/mol. The molecule has 0 saturated heterocycles. The minimum Gasteiger partial charge on any atom is -0.496 e. The number of amides is 1. The maximum atomic E-state index is 12.3. The topological polar surface area (TPSA) is 41.6 Å². The van der Waals surface area contributed by atoms with Crippen molar-refractivity contribution in [2.24, 2.45) is 0 Å². The van der Waals surface area contributed by atoms with Crippen LogP contribution in [0.15, 0.2) is 48.5 Å². The molecule has 24 heavy (non-hydrogen) atoms. The number of halogens is 1. The van der Waals surface area contributed by atoms with Crippen LogP contribution in [-0.2, 0) is 0 Å². The van der Waals surface area contributed by atoms with E-state index in [0.29, 0.717) is 12.1 Å². The average molecular weight is 349 g/mol. The van der Waals surface area contributed by atoms with Crippen LogP contribution in [0.4, 0.5) is 0 Å². The summed E-state index contributed by atoms with van der Waals surface area (Å²) in [4.78, 5) is 14.4. The molecular formula is C19H25ClN2O2. The van der Waals surface area contributed by atoms with Crippen molar-refractivity contribution >= 4 is 18.3 Å². The highest BCUT2D eigenvalue weighted by Crippen LogP contribution is 2.27. The first kappa shape index (κ1) is 20.0. The van der Waals surface area contributed by atoms with Gasteiger partial charge < -0.3 is 15.0 Å². The van der Waals surface area contributed by atoms with Crippen LogP contribution in [0.5, 0.6) is 5.75 Å². The lowest BCUT2D eigenvalue weighted by Gasteiger charge is -2.26. The number of carbonyl (C=O) groups excluding carboxylic acids is 1. The van der Waals surface area contributed by atoms with E-state index in [2.05, 4.69) is 10.2 Å². The van der Waals surface area contributed by atoms with Crippen molar-refractivity contribution in [2.45, 2.75) is 13.0 Å². The summed E-state index contributed by atoms with van der Waals surface area (Å²) >= 11 is 0. The Labute approximate surface area is 150 Å². The van der Waals surface area contributed by atoms with Gasteiger partial charge in [-0.15, -0.1) is 12.4 Å². The van der Waals surface area contributed by atoms with Gasteiger partial charge in [-0.1, -0.05) is 35.9 Å². The minimum absolute atomic E-state index is 0. The van der Waals surface area contributed by atoms with E-state index in [0.717, 1.165) is 16.9 Å². The van der Waals surface area contributed by atoms with Crippen LogP contribution < -0.4 is 10.1 Å². The van der Waals surface area contributed by atoms with E-state index in [9.17, 15) is 4.79 Å². The van der Waals surface area contributed by atoms with E-state index >= 15 is 0 Å². The van der Waals surface area contributed by atoms with Gasteiger partial charge in [0.1, 0.15) is 5.75 Å². The van der Waals surface area contributed by atoms with Gasteiger partial charge in [0, 0.05) is 17.7 Å². The number of aryl methyl sites for hydroxylation is 1. The van der Waals surface area contributed by atoms with Gasteiger partial charge in [-0.05, 0) is 39.2 Å². The summed E-state index contributed by atoms with van der Waals surface area (Å²) in [7, 11) is 5.65. The molecule has 0 saturated carbocycles. The second kappa shape index (κ2) is 9.30. The van der Waals surface area contributed by atoms with Gasteiger partial charge in [0.25, 0.3) is 5.91 Å². The maximum Gasteiger partial charge on any atom is 0.251 e. The molecule has 0 heterocycles. The van der Waals surface area contributed by atoms with Crippen LogP contribution >= 0.6 is 12.4 Å². The van der Waals surface area contributed by atoms with Crippen molar-refractivity contribution in [3.05, 3.63) is 65.2 Å². The van der Waals surface area contributed by atoms with E-state index in [1.807, 2.05) is 69.6 Å². The first-order chi connectivity index (χ1) is 11.0. The second-order valence-electron chi connectivity index (χ2n) is 5.80. The van der Waals surface area contributed by atoms with Gasteiger partial charge in [-0.25, -0.2) is 0 Å². The highest BCUT2D eigenvalue weighted by molar-refractivity contribution is 5.94. The molecule has 130 valence electrons. The lowest BCUT2D eigenvalue weighted by molar-refractivity contribution is 0.0941. The van der Waals surface area contributed by atoms with Crippen LogP contribution in [0.2, 0.25) is 0 Å². The van der Waals surface area contributed by atoms with Crippen molar-refractivity contribution in [1.29, 1.82) is 0 Å². The van der Waals surface area contributed by atoms with Crippen molar-refractivity contribution in [3.63, 3.8) is 0 Å². The van der Waals surface area contributed by atoms with E-state index in [-0.39, 0.29) is 24.4 Å². The average Bonchev–Trinajstić information content (AvgIpc) is 2.55. The van der Waals surface area contributed by atoms with Crippen molar-refractivity contribution in [3.8, 4) is 5.75 Å². The molecule has 0 bridgehead atoms. The fourth-order valence-electron chi connectivity index (χ4n) is 2.51. The standard InChI is InChI=1S/C19H24N2O2.ClH/c1-14-9-11-15(12-10-14)19(22)20-13-17(21(2)3)16-7-5-6-8-18(16)23-4;/h5-12,17H,13H2,1-4H3,(H,20,22);1H. The first-order valence-electron chi connectivity index (χ1n) is 7.67. The highest BCUT2D eigenvalue weighted by atomic mass is 35.5.